The number of carbonyl (C=O) groups is 1. The van der Waals surface area contributed by atoms with Crippen LogP contribution in [0.3, 0.4) is 0 Å². The summed E-state index contributed by atoms with van der Waals surface area (Å²) in [6, 6.07) is 17.4. The lowest BCUT2D eigenvalue weighted by Crippen LogP contribution is -2.12. The number of carbonyl (C=O) groups excluding carboxylic acids is 1. The molecule has 0 amide bonds. The molecule has 3 heteroatoms. The zero-order valence-electron chi connectivity index (χ0n) is 11.9. The fourth-order valence-corrected chi connectivity index (χ4v) is 1.88. The van der Waals surface area contributed by atoms with E-state index in [0.29, 0.717) is 12.2 Å². The van der Waals surface area contributed by atoms with Crippen LogP contribution in [0.5, 0.6) is 0 Å². The molecule has 0 N–H and O–H groups in total. The van der Waals surface area contributed by atoms with Crippen molar-refractivity contribution in [3.63, 3.8) is 0 Å². The fraction of sp³-hybridized carbons (Fsp3) is 0.235. The van der Waals surface area contributed by atoms with Gasteiger partial charge in [-0.3, -0.25) is 4.79 Å². The Morgan fingerprint density at radius 3 is 2.50 bits per heavy atom. The van der Waals surface area contributed by atoms with E-state index in [1.807, 2.05) is 73.6 Å². The molecule has 0 saturated carbocycles. The van der Waals surface area contributed by atoms with Gasteiger partial charge in [-0.2, -0.15) is 0 Å². The molecule has 104 valence electrons. The van der Waals surface area contributed by atoms with E-state index in [2.05, 4.69) is 0 Å². The van der Waals surface area contributed by atoms with E-state index >= 15 is 0 Å². The first-order valence-corrected chi connectivity index (χ1v) is 6.59. The van der Waals surface area contributed by atoms with Crippen LogP contribution in [-0.4, -0.2) is 26.5 Å². The maximum atomic E-state index is 12.1. The molecule has 0 aliphatic heterocycles. The third-order valence-electron chi connectivity index (χ3n) is 3.03. The Balaban J connectivity index is 1.90. The minimum absolute atomic E-state index is 0.00429. The molecule has 0 aliphatic rings. The van der Waals surface area contributed by atoms with Crippen molar-refractivity contribution in [1.29, 1.82) is 0 Å². The molecule has 20 heavy (non-hydrogen) atoms. The van der Waals surface area contributed by atoms with Crippen molar-refractivity contribution < 1.29 is 9.53 Å². The van der Waals surface area contributed by atoms with Gasteiger partial charge < -0.3 is 9.64 Å². The van der Waals surface area contributed by atoms with Crippen LogP contribution in [0, 0.1) is 0 Å². The summed E-state index contributed by atoms with van der Waals surface area (Å²) >= 11 is 0. The summed E-state index contributed by atoms with van der Waals surface area (Å²) in [4.78, 5) is 14.0. The number of nitrogens with zero attached hydrogens (tertiary/aromatic N) is 1. The van der Waals surface area contributed by atoms with Crippen molar-refractivity contribution in [2.75, 3.05) is 25.6 Å². The highest BCUT2D eigenvalue weighted by Crippen LogP contribution is 2.14. The predicted molar refractivity (Wildman–Crippen MR) is 81.2 cm³/mol. The van der Waals surface area contributed by atoms with Gasteiger partial charge in [0.1, 0.15) is 6.61 Å². The minimum atomic E-state index is 0.00429. The monoisotopic (exact) mass is 269 g/mol. The Kier molecular flexibility index (Phi) is 4.91. The zero-order chi connectivity index (χ0) is 14.4. The first-order valence-electron chi connectivity index (χ1n) is 6.59. The van der Waals surface area contributed by atoms with Crippen molar-refractivity contribution in [3.8, 4) is 0 Å². The van der Waals surface area contributed by atoms with Gasteiger partial charge in [0.2, 0.25) is 0 Å². The third kappa shape index (κ3) is 3.93. The molecule has 0 aliphatic carbocycles. The lowest BCUT2D eigenvalue weighted by molar-refractivity contribution is 0.0726. The SMILES string of the molecule is CN(C)c1cccc(C(=O)COCc2ccccc2)c1. The van der Waals surface area contributed by atoms with Crippen molar-refractivity contribution in [1.82, 2.24) is 0 Å². The Hall–Kier alpha value is -2.13. The molecule has 0 aromatic heterocycles. The number of anilines is 1. The second-order valence-electron chi connectivity index (χ2n) is 4.85. The van der Waals surface area contributed by atoms with Crippen LogP contribution < -0.4 is 4.90 Å². The first kappa shape index (κ1) is 14.3. The lowest BCUT2D eigenvalue weighted by atomic mass is 10.1. The maximum Gasteiger partial charge on any atom is 0.188 e. The van der Waals surface area contributed by atoms with Crippen LogP contribution >= 0.6 is 0 Å². The molecule has 2 aromatic rings. The van der Waals surface area contributed by atoms with Gasteiger partial charge in [0.25, 0.3) is 0 Å². The fourth-order valence-electron chi connectivity index (χ4n) is 1.88. The molecule has 0 fully saturated rings. The normalized spacial score (nSPS) is 10.3. The van der Waals surface area contributed by atoms with Crippen LogP contribution in [-0.2, 0) is 11.3 Å². The summed E-state index contributed by atoms with van der Waals surface area (Å²) in [5.41, 5.74) is 2.77. The van der Waals surface area contributed by atoms with E-state index in [-0.39, 0.29) is 12.4 Å². The number of benzene rings is 2. The van der Waals surface area contributed by atoms with Crippen LogP contribution in [0.1, 0.15) is 15.9 Å². The summed E-state index contributed by atoms with van der Waals surface area (Å²) in [5, 5.41) is 0. The largest absolute Gasteiger partial charge is 0.378 e. The standard InChI is InChI=1S/C17H19NO2/c1-18(2)16-10-6-9-15(11-16)17(19)13-20-12-14-7-4-3-5-8-14/h3-11H,12-13H2,1-2H3. The second kappa shape index (κ2) is 6.87. The van der Waals surface area contributed by atoms with Gasteiger partial charge in [0, 0.05) is 25.3 Å². The number of hydrogen-bond donors (Lipinski definition) is 0. The number of hydrogen-bond acceptors (Lipinski definition) is 3. The van der Waals surface area contributed by atoms with E-state index in [1.54, 1.807) is 0 Å². The van der Waals surface area contributed by atoms with Crippen molar-refractivity contribution in [2.45, 2.75) is 6.61 Å². The highest BCUT2D eigenvalue weighted by atomic mass is 16.5. The second-order valence-corrected chi connectivity index (χ2v) is 4.85. The number of rotatable bonds is 6. The first-order chi connectivity index (χ1) is 9.66. The molecule has 0 atom stereocenters. The molecular formula is C17H19NO2. The molecule has 0 unspecified atom stereocenters. The van der Waals surface area contributed by atoms with Crippen molar-refractivity contribution in [2.24, 2.45) is 0 Å². The van der Waals surface area contributed by atoms with Gasteiger partial charge in [0.05, 0.1) is 6.61 Å². The molecule has 3 nitrogen and oxygen atoms in total. The predicted octanol–water partition coefficient (Wildman–Crippen LogP) is 3.15. The Morgan fingerprint density at radius 2 is 1.80 bits per heavy atom. The van der Waals surface area contributed by atoms with Crippen molar-refractivity contribution >= 4 is 11.5 Å². The van der Waals surface area contributed by atoms with E-state index in [1.165, 1.54) is 0 Å². The van der Waals surface area contributed by atoms with Crippen LogP contribution in [0.15, 0.2) is 54.6 Å². The Labute approximate surface area is 119 Å². The average Bonchev–Trinajstić information content (AvgIpc) is 2.48. The van der Waals surface area contributed by atoms with E-state index in [4.69, 9.17) is 4.74 Å². The number of Topliss-reactive ketones (excluding diaryl/α,β-unsaturated/α-hetero) is 1. The van der Waals surface area contributed by atoms with Gasteiger partial charge in [-0.1, -0.05) is 42.5 Å². The highest BCUT2D eigenvalue weighted by molar-refractivity contribution is 5.97. The lowest BCUT2D eigenvalue weighted by Gasteiger charge is -2.13. The minimum Gasteiger partial charge on any atom is -0.378 e. The summed E-state index contributed by atoms with van der Waals surface area (Å²) in [6.07, 6.45) is 0. The topological polar surface area (TPSA) is 29.5 Å². The van der Waals surface area contributed by atoms with Crippen LogP contribution in [0.25, 0.3) is 0 Å². The van der Waals surface area contributed by atoms with Gasteiger partial charge in [-0.15, -0.1) is 0 Å². The summed E-state index contributed by atoms with van der Waals surface area (Å²) in [6.45, 7) is 0.561. The average molecular weight is 269 g/mol. The van der Waals surface area contributed by atoms with Crippen LogP contribution in [0.4, 0.5) is 5.69 Å². The summed E-state index contributed by atoms with van der Waals surface area (Å²) in [5.74, 6) is 0.00429. The van der Waals surface area contributed by atoms with Crippen LogP contribution in [0.2, 0.25) is 0 Å². The van der Waals surface area contributed by atoms with Gasteiger partial charge in [-0.25, -0.2) is 0 Å². The molecule has 0 saturated heterocycles. The van der Waals surface area contributed by atoms with Gasteiger partial charge >= 0.3 is 0 Å². The summed E-state index contributed by atoms with van der Waals surface area (Å²) in [7, 11) is 3.91. The Morgan fingerprint density at radius 1 is 1.05 bits per heavy atom. The van der Waals surface area contributed by atoms with E-state index < -0.39 is 0 Å². The smallest absolute Gasteiger partial charge is 0.188 e. The highest BCUT2D eigenvalue weighted by Gasteiger charge is 2.07. The molecule has 2 aromatic carbocycles. The van der Waals surface area contributed by atoms with E-state index in [9.17, 15) is 4.79 Å². The summed E-state index contributed by atoms with van der Waals surface area (Å²) < 4.78 is 5.47. The van der Waals surface area contributed by atoms with Crippen molar-refractivity contribution in [3.05, 3.63) is 65.7 Å². The Bertz CT molecular complexity index is 564. The van der Waals surface area contributed by atoms with Gasteiger partial charge in [0.15, 0.2) is 5.78 Å². The number of ether oxygens (including phenoxy) is 1. The molecule has 0 radical (unpaired) electrons. The molecule has 0 spiro atoms. The quantitative estimate of drug-likeness (QED) is 0.754. The molecule has 2 rings (SSSR count). The molecular weight excluding hydrogens is 250 g/mol. The molecule has 0 heterocycles. The van der Waals surface area contributed by atoms with E-state index in [0.717, 1.165) is 11.3 Å². The zero-order valence-corrected chi connectivity index (χ0v) is 11.9. The third-order valence-corrected chi connectivity index (χ3v) is 3.03. The number of ketones is 1. The molecule has 0 bridgehead atoms. The van der Waals surface area contributed by atoms with Gasteiger partial charge in [-0.05, 0) is 17.7 Å². The maximum absolute atomic E-state index is 12.1.